The number of para-hydroxylation sites is 2. The average Bonchev–Trinajstić information content (AvgIpc) is 2.85. The van der Waals surface area contributed by atoms with Gasteiger partial charge in [0.2, 0.25) is 5.91 Å². The van der Waals surface area contributed by atoms with Crippen LogP contribution in [0.15, 0.2) is 48.5 Å². The van der Waals surface area contributed by atoms with Crippen molar-refractivity contribution < 1.29 is 9.53 Å². The number of benzene rings is 2. The molecule has 2 fully saturated rings. The van der Waals surface area contributed by atoms with Crippen LogP contribution >= 0.6 is 0 Å². The summed E-state index contributed by atoms with van der Waals surface area (Å²) in [6.45, 7) is 13.4. The molecule has 2 aromatic rings. The molecule has 178 valence electrons. The Labute approximate surface area is 199 Å². The van der Waals surface area contributed by atoms with Crippen molar-refractivity contribution in [2.45, 2.75) is 46.1 Å². The topological polar surface area (TPSA) is 36.0 Å². The minimum absolute atomic E-state index is 0.173. The van der Waals surface area contributed by atoms with Gasteiger partial charge in [-0.1, -0.05) is 50.2 Å². The van der Waals surface area contributed by atoms with E-state index in [1.54, 1.807) is 0 Å². The summed E-state index contributed by atoms with van der Waals surface area (Å²) in [6.07, 6.45) is 1.94. The van der Waals surface area contributed by atoms with Crippen LogP contribution in [0.25, 0.3) is 0 Å². The summed E-state index contributed by atoms with van der Waals surface area (Å²) in [6, 6.07) is 17.2. The lowest BCUT2D eigenvalue weighted by molar-refractivity contribution is -0.137. The van der Waals surface area contributed by atoms with Gasteiger partial charge in [0, 0.05) is 38.6 Å². The van der Waals surface area contributed by atoms with Crippen LogP contribution < -0.4 is 9.64 Å². The second kappa shape index (κ2) is 11.1. The van der Waals surface area contributed by atoms with Crippen LogP contribution in [0, 0.1) is 5.92 Å². The lowest BCUT2D eigenvalue weighted by Crippen LogP contribution is -2.51. The lowest BCUT2D eigenvalue weighted by Gasteiger charge is -2.39. The molecule has 0 aliphatic carbocycles. The molecular formula is C28H39N3O2. The number of anilines is 1. The van der Waals surface area contributed by atoms with Gasteiger partial charge in [-0.3, -0.25) is 9.69 Å². The van der Waals surface area contributed by atoms with Crippen molar-refractivity contribution in [3.05, 3.63) is 59.7 Å². The van der Waals surface area contributed by atoms with E-state index in [9.17, 15) is 4.79 Å². The van der Waals surface area contributed by atoms with E-state index in [2.05, 4.69) is 64.9 Å². The Hall–Kier alpha value is -2.53. The van der Waals surface area contributed by atoms with Crippen molar-refractivity contribution in [2.75, 3.05) is 50.8 Å². The van der Waals surface area contributed by atoms with Crippen molar-refractivity contribution in [2.24, 2.45) is 5.92 Å². The van der Waals surface area contributed by atoms with E-state index < -0.39 is 0 Å². The predicted molar refractivity (Wildman–Crippen MR) is 135 cm³/mol. The van der Waals surface area contributed by atoms with E-state index >= 15 is 0 Å². The second-order valence-electron chi connectivity index (χ2n) is 9.66. The molecule has 2 aliphatic rings. The van der Waals surface area contributed by atoms with E-state index in [0.717, 1.165) is 70.1 Å². The molecule has 5 heteroatoms. The first-order valence-electron chi connectivity index (χ1n) is 12.6. The molecule has 0 saturated carbocycles. The quantitative estimate of drug-likeness (QED) is 0.610. The Balaban J connectivity index is 1.24. The SMILES string of the molecule is CCOc1ccccc1N1CCN(C(=O)C2CCN(Cc3ccc(C(C)C)cc3)CC2)CC1. The van der Waals surface area contributed by atoms with Gasteiger partial charge in [0.25, 0.3) is 0 Å². The first-order chi connectivity index (χ1) is 16.0. The third-order valence-electron chi connectivity index (χ3n) is 7.09. The molecule has 2 aliphatic heterocycles. The van der Waals surface area contributed by atoms with E-state index in [0.29, 0.717) is 18.4 Å². The molecule has 33 heavy (non-hydrogen) atoms. The molecular weight excluding hydrogens is 410 g/mol. The van der Waals surface area contributed by atoms with Crippen LogP contribution in [0.1, 0.15) is 50.7 Å². The highest BCUT2D eigenvalue weighted by Crippen LogP contribution is 2.29. The number of amides is 1. The highest BCUT2D eigenvalue weighted by atomic mass is 16.5. The number of rotatable bonds is 7. The third-order valence-corrected chi connectivity index (χ3v) is 7.09. The first-order valence-corrected chi connectivity index (χ1v) is 12.6. The summed E-state index contributed by atoms with van der Waals surface area (Å²) in [7, 11) is 0. The smallest absolute Gasteiger partial charge is 0.225 e. The molecule has 0 spiro atoms. The number of carbonyl (C=O) groups excluding carboxylic acids is 1. The molecule has 1 amide bonds. The second-order valence-corrected chi connectivity index (χ2v) is 9.66. The van der Waals surface area contributed by atoms with Gasteiger partial charge in [-0.15, -0.1) is 0 Å². The molecule has 0 bridgehead atoms. The summed E-state index contributed by atoms with van der Waals surface area (Å²) in [5.74, 6) is 2.04. The zero-order valence-corrected chi connectivity index (χ0v) is 20.5. The minimum atomic E-state index is 0.173. The average molecular weight is 450 g/mol. The summed E-state index contributed by atoms with van der Waals surface area (Å²) in [4.78, 5) is 20.1. The van der Waals surface area contributed by atoms with E-state index in [1.807, 2.05) is 19.1 Å². The monoisotopic (exact) mass is 449 g/mol. The molecule has 5 nitrogen and oxygen atoms in total. The Kier molecular flexibility index (Phi) is 7.92. The predicted octanol–water partition coefficient (Wildman–Crippen LogP) is 4.77. The molecule has 2 aromatic carbocycles. The number of piperazine rings is 1. The van der Waals surface area contributed by atoms with Gasteiger partial charge >= 0.3 is 0 Å². The maximum Gasteiger partial charge on any atom is 0.225 e. The summed E-state index contributed by atoms with van der Waals surface area (Å²) in [5, 5.41) is 0. The fourth-order valence-electron chi connectivity index (χ4n) is 5.03. The van der Waals surface area contributed by atoms with Gasteiger partial charge in [0.1, 0.15) is 5.75 Å². The zero-order valence-electron chi connectivity index (χ0n) is 20.5. The number of piperidine rings is 1. The Morgan fingerprint density at radius 1 is 0.939 bits per heavy atom. The summed E-state index contributed by atoms with van der Waals surface area (Å²) >= 11 is 0. The maximum atomic E-state index is 13.2. The van der Waals surface area contributed by atoms with Crippen LogP contribution in [-0.4, -0.2) is 61.6 Å². The first kappa shape index (κ1) is 23.6. The molecule has 0 N–H and O–H groups in total. The molecule has 2 saturated heterocycles. The van der Waals surface area contributed by atoms with E-state index in [1.165, 1.54) is 11.1 Å². The number of nitrogens with zero attached hydrogens (tertiary/aromatic N) is 3. The third kappa shape index (κ3) is 5.89. The van der Waals surface area contributed by atoms with Crippen molar-refractivity contribution in [1.82, 2.24) is 9.80 Å². The Morgan fingerprint density at radius 2 is 1.61 bits per heavy atom. The number of ether oxygens (including phenoxy) is 1. The highest BCUT2D eigenvalue weighted by Gasteiger charge is 2.30. The molecule has 0 unspecified atom stereocenters. The van der Waals surface area contributed by atoms with Crippen molar-refractivity contribution in [1.29, 1.82) is 0 Å². The van der Waals surface area contributed by atoms with Crippen molar-refractivity contribution >= 4 is 11.6 Å². The number of carbonyl (C=O) groups is 1. The normalized spacial score (nSPS) is 18.1. The van der Waals surface area contributed by atoms with Crippen LogP contribution in [0.5, 0.6) is 5.75 Å². The molecule has 0 radical (unpaired) electrons. The molecule has 4 rings (SSSR count). The van der Waals surface area contributed by atoms with Crippen LogP contribution in [-0.2, 0) is 11.3 Å². The maximum absolute atomic E-state index is 13.2. The van der Waals surface area contributed by atoms with E-state index in [-0.39, 0.29) is 5.92 Å². The van der Waals surface area contributed by atoms with Crippen LogP contribution in [0.3, 0.4) is 0 Å². The molecule has 0 aromatic heterocycles. The van der Waals surface area contributed by atoms with Gasteiger partial charge in [0.15, 0.2) is 0 Å². The standard InChI is InChI=1S/C28H39N3O2/c1-4-33-27-8-6-5-7-26(27)30-17-19-31(20-18-30)28(32)25-13-15-29(16-14-25)21-23-9-11-24(12-10-23)22(2)3/h5-12,22,25H,4,13-21H2,1-3H3. The van der Waals surface area contributed by atoms with Crippen LogP contribution in [0.2, 0.25) is 0 Å². The Bertz CT molecular complexity index is 896. The van der Waals surface area contributed by atoms with E-state index in [4.69, 9.17) is 4.74 Å². The van der Waals surface area contributed by atoms with Gasteiger partial charge < -0.3 is 14.5 Å². The molecule has 2 heterocycles. The van der Waals surface area contributed by atoms with Gasteiger partial charge in [-0.25, -0.2) is 0 Å². The summed E-state index contributed by atoms with van der Waals surface area (Å²) < 4.78 is 5.80. The summed E-state index contributed by atoms with van der Waals surface area (Å²) in [5.41, 5.74) is 3.90. The fourth-order valence-corrected chi connectivity index (χ4v) is 5.03. The fraction of sp³-hybridized carbons (Fsp3) is 0.536. The van der Waals surface area contributed by atoms with Gasteiger partial charge in [-0.05, 0) is 62.0 Å². The largest absolute Gasteiger partial charge is 0.492 e. The minimum Gasteiger partial charge on any atom is -0.492 e. The number of hydrogen-bond donors (Lipinski definition) is 0. The number of likely N-dealkylation sites (tertiary alicyclic amines) is 1. The zero-order chi connectivity index (χ0) is 23.2. The lowest BCUT2D eigenvalue weighted by atomic mass is 9.94. The van der Waals surface area contributed by atoms with Crippen molar-refractivity contribution in [3.8, 4) is 5.75 Å². The van der Waals surface area contributed by atoms with Crippen molar-refractivity contribution in [3.63, 3.8) is 0 Å². The molecule has 0 atom stereocenters. The Morgan fingerprint density at radius 3 is 2.24 bits per heavy atom. The van der Waals surface area contributed by atoms with Crippen LogP contribution in [0.4, 0.5) is 5.69 Å². The number of hydrogen-bond acceptors (Lipinski definition) is 4. The van der Waals surface area contributed by atoms with Gasteiger partial charge in [-0.2, -0.15) is 0 Å². The highest BCUT2D eigenvalue weighted by molar-refractivity contribution is 5.79. The van der Waals surface area contributed by atoms with Gasteiger partial charge in [0.05, 0.1) is 12.3 Å².